The van der Waals surface area contributed by atoms with Crippen LogP contribution in [0.2, 0.25) is 0 Å². The number of allylic oxidation sites excluding steroid dienone is 3. The minimum atomic E-state index is -0.883. The SMILES string of the molecule is C=C(/C=C1/C=CCN/C1=C/C)N1C/C=C/CC([N+](=O)[O-])/C=C(\C)C1=O. The maximum absolute atomic E-state index is 12.7. The Balaban J connectivity index is 2.30. The van der Waals surface area contributed by atoms with Gasteiger partial charge >= 0.3 is 0 Å². The molecule has 2 heterocycles. The maximum Gasteiger partial charge on any atom is 0.254 e. The van der Waals surface area contributed by atoms with Gasteiger partial charge in [-0.25, -0.2) is 0 Å². The lowest BCUT2D eigenvalue weighted by Gasteiger charge is -2.23. The van der Waals surface area contributed by atoms with Crippen molar-refractivity contribution in [1.82, 2.24) is 10.2 Å². The third-order valence-electron chi connectivity index (χ3n) is 4.10. The molecule has 0 radical (unpaired) electrons. The Hall–Kier alpha value is -2.89. The summed E-state index contributed by atoms with van der Waals surface area (Å²) in [4.78, 5) is 25.0. The van der Waals surface area contributed by atoms with Crippen molar-refractivity contribution in [2.45, 2.75) is 26.3 Å². The predicted octanol–water partition coefficient (Wildman–Crippen LogP) is 2.87. The van der Waals surface area contributed by atoms with Gasteiger partial charge in [-0.1, -0.05) is 37.0 Å². The molecule has 2 aliphatic heterocycles. The number of amides is 1. The molecule has 0 aromatic rings. The van der Waals surface area contributed by atoms with Crippen molar-refractivity contribution in [2.75, 3.05) is 13.1 Å². The summed E-state index contributed by atoms with van der Waals surface area (Å²) in [7, 11) is 0. The second kappa shape index (κ2) is 8.28. The van der Waals surface area contributed by atoms with Gasteiger partial charge in [0.2, 0.25) is 6.04 Å². The van der Waals surface area contributed by atoms with Gasteiger partial charge in [0.25, 0.3) is 5.91 Å². The molecule has 0 aliphatic carbocycles. The first-order valence-electron chi connectivity index (χ1n) is 8.20. The third-order valence-corrected chi connectivity index (χ3v) is 4.10. The van der Waals surface area contributed by atoms with Gasteiger partial charge in [0.05, 0.1) is 0 Å². The van der Waals surface area contributed by atoms with E-state index in [1.54, 1.807) is 19.1 Å². The van der Waals surface area contributed by atoms with Gasteiger partial charge in [-0.2, -0.15) is 0 Å². The maximum atomic E-state index is 12.7. The summed E-state index contributed by atoms with van der Waals surface area (Å²) in [6, 6.07) is -0.883. The van der Waals surface area contributed by atoms with Crippen molar-refractivity contribution in [3.8, 4) is 0 Å². The quantitative estimate of drug-likeness (QED) is 0.486. The van der Waals surface area contributed by atoms with Crippen molar-refractivity contribution < 1.29 is 9.72 Å². The van der Waals surface area contributed by atoms with Crippen LogP contribution >= 0.6 is 0 Å². The highest BCUT2D eigenvalue weighted by Crippen LogP contribution is 2.19. The van der Waals surface area contributed by atoms with E-state index < -0.39 is 6.04 Å². The molecule has 0 bridgehead atoms. The van der Waals surface area contributed by atoms with Crippen molar-refractivity contribution in [3.05, 3.63) is 81.8 Å². The van der Waals surface area contributed by atoms with Crippen LogP contribution in [0.3, 0.4) is 0 Å². The second-order valence-corrected chi connectivity index (χ2v) is 5.90. The van der Waals surface area contributed by atoms with Crippen LogP contribution in [0.4, 0.5) is 0 Å². The van der Waals surface area contributed by atoms with Crippen LogP contribution in [0.15, 0.2) is 71.7 Å². The van der Waals surface area contributed by atoms with E-state index in [1.807, 2.05) is 31.2 Å². The highest BCUT2D eigenvalue weighted by Gasteiger charge is 2.23. The van der Waals surface area contributed by atoms with Gasteiger partial charge in [0.1, 0.15) is 0 Å². The van der Waals surface area contributed by atoms with Gasteiger partial charge in [0, 0.05) is 41.4 Å². The number of hydrogen-bond donors (Lipinski definition) is 1. The Morgan fingerprint density at radius 2 is 2.20 bits per heavy atom. The van der Waals surface area contributed by atoms with Crippen molar-refractivity contribution in [2.24, 2.45) is 0 Å². The fourth-order valence-electron chi connectivity index (χ4n) is 2.73. The standard InChI is InChI=1S/C19H23N3O3/c1-4-18-16(8-7-10-20-18)13-15(3)21-11-6-5-9-17(22(24)25)12-14(2)19(21)23/h4-8,12-13,17,20H,3,9-11H2,1-2H3/b6-5+,14-12+,16-13-,18-4+. The smallest absolute Gasteiger partial charge is 0.254 e. The number of carbonyl (C=O) groups excluding carboxylic acids is 1. The second-order valence-electron chi connectivity index (χ2n) is 5.90. The van der Waals surface area contributed by atoms with Gasteiger partial charge < -0.3 is 10.2 Å². The van der Waals surface area contributed by atoms with E-state index in [0.717, 1.165) is 17.8 Å². The molecule has 2 rings (SSSR count). The topological polar surface area (TPSA) is 75.5 Å². The molecule has 0 spiro atoms. The van der Waals surface area contributed by atoms with Gasteiger partial charge in [-0.3, -0.25) is 14.9 Å². The summed E-state index contributed by atoms with van der Waals surface area (Å²) in [6.07, 6.45) is 13.0. The van der Waals surface area contributed by atoms with Crippen molar-refractivity contribution in [3.63, 3.8) is 0 Å². The van der Waals surface area contributed by atoms with E-state index in [2.05, 4.69) is 11.9 Å². The number of carbonyl (C=O) groups is 1. The molecular weight excluding hydrogens is 318 g/mol. The van der Waals surface area contributed by atoms with E-state index in [9.17, 15) is 14.9 Å². The zero-order valence-electron chi connectivity index (χ0n) is 14.6. The summed E-state index contributed by atoms with van der Waals surface area (Å²) in [5, 5.41) is 14.3. The molecule has 132 valence electrons. The highest BCUT2D eigenvalue weighted by atomic mass is 16.6. The fraction of sp³-hybridized carbons (Fsp3) is 0.316. The monoisotopic (exact) mass is 341 g/mol. The molecule has 1 unspecified atom stereocenters. The first-order chi connectivity index (χ1) is 11.9. The molecular formula is C19H23N3O3. The Bertz CT molecular complexity index is 726. The molecule has 0 aromatic carbocycles. The molecule has 6 heteroatoms. The Kier molecular flexibility index (Phi) is 6.11. The normalized spacial score (nSPS) is 27.8. The average Bonchev–Trinajstić information content (AvgIpc) is 2.66. The van der Waals surface area contributed by atoms with Crippen LogP contribution < -0.4 is 5.32 Å². The molecule has 25 heavy (non-hydrogen) atoms. The van der Waals surface area contributed by atoms with Gasteiger partial charge in [0.15, 0.2) is 0 Å². The molecule has 0 fully saturated rings. The summed E-state index contributed by atoms with van der Waals surface area (Å²) < 4.78 is 0. The average molecular weight is 341 g/mol. The molecule has 1 N–H and O–H groups in total. The Morgan fingerprint density at radius 1 is 1.44 bits per heavy atom. The lowest BCUT2D eigenvalue weighted by Crippen LogP contribution is -2.31. The van der Waals surface area contributed by atoms with Crippen molar-refractivity contribution in [1.29, 1.82) is 0 Å². The molecule has 2 aliphatic rings. The van der Waals surface area contributed by atoms with Crippen LogP contribution in [0.25, 0.3) is 0 Å². The summed E-state index contributed by atoms with van der Waals surface area (Å²) >= 11 is 0. The number of hydrogen-bond acceptors (Lipinski definition) is 4. The lowest BCUT2D eigenvalue weighted by atomic mass is 10.1. The minimum absolute atomic E-state index is 0.268. The Labute approximate surface area is 147 Å². The van der Waals surface area contributed by atoms with E-state index in [0.29, 0.717) is 17.8 Å². The fourth-order valence-corrected chi connectivity index (χ4v) is 2.73. The molecule has 1 atom stereocenters. The van der Waals surface area contributed by atoms with Crippen LogP contribution in [-0.4, -0.2) is 34.9 Å². The first-order valence-corrected chi connectivity index (χ1v) is 8.20. The number of rotatable bonds is 3. The number of nitrogens with one attached hydrogen (secondary N) is 1. The molecule has 0 aromatic heterocycles. The lowest BCUT2D eigenvalue weighted by molar-refractivity contribution is -0.508. The van der Waals surface area contributed by atoms with Crippen LogP contribution in [0.5, 0.6) is 0 Å². The van der Waals surface area contributed by atoms with Crippen LogP contribution in [-0.2, 0) is 4.79 Å². The molecule has 6 nitrogen and oxygen atoms in total. The number of nitrogens with zero attached hydrogens (tertiary/aromatic N) is 2. The predicted molar refractivity (Wildman–Crippen MR) is 98.1 cm³/mol. The minimum Gasteiger partial charge on any atom is -0.381 e. The summed E-state index contributed by atoms with van der Waals surface area (Å²) in [6.45, 7) is 8.67. The van der Waals surface area contributed by atoms with Crippen molar-refractivity contribution >= 4 is 5.91 Å². The molecule has 1 amide bonds. The first kappa shape index (κ1) is 18.4. The zero-order chi connectivity index (χ0) is 18.4. The van der Waals surface area contributed by atoms with Crippen LogP contribution in [0, 0.1) is 10.1 Å². The van der Waals surface area contributed by atoms with E-state index in [4.69, 9.17) is 0 Å². The largest absolute Gasteiger partial charge is 0.381 e. The Morgan fingerprint density at radius 3 is 2.88 bits per heavy atom. The number of nitro groups is 1. The van der Waals surface area contributed by atoms with Gasteiger partial charge in [-0.05, 0) is 31.6 Å². The molecule has 0 saturated carbocycles. The summed E-state index contributed by atoms with van der Waals surface area (Å²) in [5.74, 6) is -0.268. The highest BCUT2D eigenvalue weighted by molar-refractivity contribution is 5.94. The van der Waals surface area contributed by atoms with E-state index >= 15 is 0 Å². The van der Waals surface area contributed by atoms with E-state index in [-0.39, 0.29) is 17.3 Å². The van der Waals surface area contributed by atoms with E-state index in [1.165, 1.54) is 11.0 Å². The van der Waals surface area contributed by atoms with Gasteiger partial charge in [-0.15, -0.1) is 0 Å². The zero-order valence-corrected chi connectivity index (χ0v) is 14.6. The van der Waals surface area contributed by atoms with Crippen LogP contribution in [0.1, 0.15) is 20.3 Å². The molecule has 0 saturated heterocycles. The third kappa shape index (κ3) is 4.56. The summed E-state index contributed by atoms with van der Waals surface area (Å²) in [5.41, 5.74) is 2.83.